The number of ether oxygens (including phenoxy) is 2. The lowest BCUT2D eigenvalue weighted by molar-refractivity contribution is 0.464. The van der Waals surface area contributed by atoms with Crippen LogP contribution in [-0.2, 0) is 0 Å². The Kier molecular flexibility index (Phi) is 6.60. The molecule has 6 rings (SSSR count). The molecule has 2 aromatic heterocycles. The topological polar surface area (TPSA) is 44.2 Å². The Morgan fingerprint density at radius 1 is 0.368 bits per heavy atom. The van der Waals surface area contributed by atoms with Crippen LogP contribution < -0.4 is 9.47 Å². The van der Waals surface area contributed by atoms with Crippen LogP contribution in [0.5, 0.6) is 23.3 Å². The van der Waals surface area contributed by atoms with E-state index in [1.165, 1.54) is 0 Å². The van der Waals surface area contributed by atoms with Crippen LogP contribution in [0.2, 0.25) is 0 Å². The van der Waals surface area contributed by atoms with Crippen molar-refractivity contribution >= 4 is 0 Å². The molecule has 0 spiro atoms. The fraction of sp³-hybridized carbons (Fsp3) is 0. The Balaban J connectivity index is 1.44. The quantitative estimate of drug-likeness (QED) is 0.223. The van der Waals surface area contributed by atoms with Crippen molar-refractivity contribution in [3.05, 3.63) is 146 Å². The molecule has 0 N–H and O–H groups in total. The summed E-state index contributed by atoms with van der Waals surface area (Å²) in [5.74, 6) is 2.54. The molecule has 0 amide bonds. The average Bonchev–Trinajstić information content (AvgIpc) is 2.99. The van der Waals surface area contributed by atoms with Crippen LogP contribution in [0.4, 0.5) is 0 Å². The van der Waals surface area contributed by atoms with Crippen molar-refractivity contribution in [1.29, 1.82) is 0 Å². The van der Waals surface area contributed by atoms with Crippen LogP contribution >= 0.6 is 0 Å². The maximum absolute atomic E-state index is 6.29. The third-order valence-electron chi connectivity index (χ3n) is 6.17. The zero-order valence-corrected chi connectivity index (χ0v) is 20.6. The summed E-state index contributed by atoms with van der Waals surface area (Å²) in [5, 5.41) is 0. The van der Waals surface area contributed by atoms with E-state index in [0.717, 1.165) is 44.9 Å². The van der Waals surface area contributed by atoms with Crippen LogP contribution in [0.25, 0.3) is 33.4 Å². The summed E-state index contributed by atoms with van der Waals surface area (Å²) in [6, 6.07) is 44.2. The molecule has 2 heterocycles. The highest BCUT2D eigenvalue weighted by Gasteiger charge is 2.14. The summed E-state index contributed by atoms with van der Waals surface area (Å²) < 4.78 is 12.6. The van der Waals surface area contributed by atoms with Crippen LogP contribution in [0.15, 0.2) is 146 Å². The molecule has 0 aliphatic carbocycles. The van der Waals surface area contributed by atoms with Crippen LogP contribution in [0, 0.1) is 0 Å². The Hall–Kier alpha value is -5.22. The monoisotopic (exact) mass is 492 g/mol. The Morgan fingerprint density at radius 3 is 1.18 bits per heavy atom. The van der Waals surface area contributed by atoms with E-state index in [-0.39, 0.29) is 0 Å². The molecule has 0 fully saturated rings. The zero-order chi connectivity index (χ0) is 25.6. The Morgan fingerprint density at radius 2 is 0.789 bits per heavy atom. The molecule has 6 aromatic rings. The number of nitrogens with zero attached hydrogens (tertiary/aromatic N) is 2. The first-order valence-corrected chi connectivity index (χ1v) is 12.4. The van der Waals surface area contributed by atoms with Crippen molar-refractivity contribution in [2.24, 2.45) is 0 Å². The van der Waals surface area contributed by atoms with E-state index >= 15 is 0 Å². The summed E-state index contributed by atoms with van der Waals surface area (Å²) in [6.07, 6.45) is 3.45. The summed E-state index contributed by atoms with van der Waals surface area (Å²) in [6.45, 7) is 0. The highest BCUT2D eigenvalue weighted by atomic mass is 16.5. The molecule has 0 saturated carbocycles. The van der Waals surface area contributed by atoms with Gasteiger partial charge in [0.2, 0.25) is 11.8 Å². The Bertz CT molecular complexity index is 1510. The van der Waals surface area contributed by atoms with E-state index in [9.17, 15) is 0 Å². The van der Waals surface area contributed by atoms with Gasteiger partial charge in [0.1, 0.15) is 11.5 Å². The second-order valence-corrected chi connectivity index (χ2v) is 8.69. The fourth-order valence-corrected chi connectivity index (χ4v) is 4.33. The average molecular weight is 493 g/mol. The molecule has 4 nitrogen and oxygen atoms in total. The Labute approximate surface area is 221 Å². The van der Waals surface area contributed by atoms with Gasteiger partial charge in [-0.05, 0) is 46.5 Å². The maximum Gasteiger partial charge on any atom is 0.219 e. The minimum absolute atomic E-state index is 0.542. The first kappa shape index (κ1) is 23.2. The SMILES string of the molecule is c1ccc(-c2ccc(-c3ccc(-c4ccccc4)c(Oc4ccccn4)c3)cc2Oc2ccccn2)cc1. The van der Waals surface area contributed by atoms with Crippen molar-refractivity contribution in [3.8, 4) is 56.6 Å². The van der Waals surface area contributed by atoms with Gasteiger partial charge in [0.25, 0.3) is 0 Å². The van der Waals surface area contributed by atoms with E-state index in [1.807, 2.05) is 72.8 Å². The molecule has 0 radical (unpaired) electrons. The molecule has 0 aliphatic rings. The molecule has 0 saturated heterocycles. The summed E-state index contributed by atoms with van der Waals surface area (Å²) in [4.78, 5) is 8.74. The third-order valence-corrected chi connectivity index (χ3v) is 6.17. The highest BCUT2D eigenvalue weighted by Crippen LogP contribution is 2.40. The van der Waals surface area contributed by atoms with Crippen molar-refractivity contribution in [2.75, 3.05) is 0 Å². The van der Waals surface area contributed by atoms with Crippen LogP contribution in [0.3, 0.4) is 0 Å². The summed E-state index contributed by atoms with van der Waals surface area (Å²) >= 11 is 0. The lowest BCUT2D eigenvalue weighted by Gasteiger charge is -2.15. The highest BCUT2D eigenvalue weighted by molar-refractivity contribution is 5.80. The molecule has 0 bridgehead atoms. The van der Waals surface area contributed by atoms with Crippen molar-refractivity contribution in [1.82, 2.24) is 9.97 Å². The minimum Gasteiger partial charge on any atom is -0.438 e. The van der Waals surface area contributed by atoms with Gasteiger partial charge in [0, 0.05) is 35.7 Å². The zero-order valence-electron chi connectivity index (χ0n) is 20.6. The first-order chi connectivity index (χ1) is 18.8. The largest absolute Gasteiger partial charge is 0.438 e. The summed E-state index contributed by atoms with van der Waals surface area (Å²) in [7, 11) is 0. The lowest BCUT2D eigenvalue weighted by atomic mass is 9.96. The third kappa shape index (κ3) is 5.15. The van der Waals surface area contributed by atoms with E-state index in [2.05, 4.69) is 70.6 Å². The van der Waals surface area contributed by atoms with Gasteiger partial charge >= 0.3 is 0 Å². The molecular weight excluding hydrogens is 468 g/mol. The molecular formula is C34H24N2O2. The number of hydrogen-bond acceptors (Lipinski definition) is 4. The number of benzene rings is 4. The second-order valence-electron chi connectivity index (χ2n) is 8.69. The van der Waals surface area contributed by atoms with E-state index in [0.29, 0.717) is 11.8 Å². The first-order valence-electron chi connectivity index (χ1n) is 12.4. The second kappa shape index (κ2) is 10.8. The maximum atomic E-state index is 6.29. The molecule has 4 heteroatoms. The van der Waals surface area contributed by atoms with Crippen LogP contribution in [-0.4, -0.2) is 9.97 Å². The van der Waals surface area contributed by atoms with Gasteiger partial charge in [-0.2, -0.15) is 0 Å². The number of aromatic nitrogens is 2. The predicted octanol–water partition coefficient (Wildman–Crippen LogP) is 9.06. The number of rotatable bonds is 7. The fourth-order valence-electron chi connectivity index (χ4n) is 4.33. The lowest BCUT2D eigenvalue weighted by Crippen LogP contribution is -1.93. The van der Waals surface area contributed by atoms with E-state index in [1.54, 1.807) is 12.4 Å². The van der Waals surface area contributed by atoms with Gasteiger partial charge in [-0.3, -0.25) is 0 Å². The molecule has 0 unspecified atom stereocenters. The molecule has 0 atom stereocenters. The predicted molar refractivity (Wildman–Crippen MR) is 151 cm³/mol. The van der Waals surface area contributed by atoms with Gasteiger partial charge in [-0.15, -0.1) is 0 Å². The number of hydrogen-bond donors (Lipinski definition) is 0. The summed E-state index contributed by atoms with van der Waals surface area (Å²) in [5.41, 5.74) is 6.13. The van der Waals surface area contributed by atoms with Crippen LogP contribution in [0.1, 0.15) is 0 Å². The molecule has 38 heavy (non-hydrogen) atoms. The minimum atomic E-state index is 0.542. The van der Waals surface area contributed by atoms with E-state index in [4.69, 9.17) is 9.47 Å². The van der Waals surface area contributed by atoms with Gasteiger partial charge in [-0.1, -0.05) is 97.1 Å². The van der Waals surface area contributed by atoms with Gasteiger partial charge in [-0.25, -0.2) is 9.97 Å². The normalized spacial score (nSPS) is 10.6. The van der Waals surface area contributed by atoms with Crippen molar-refractivity contribution in [2.45, 2.75) is 0 Å². The van der Waals surface area contributed by atoms with Gasteiger partial charge in [0.05, 0.1) is 0 Å². The molecule has 0 aliphatic heterocycles. The smallest absolute Gasteiger partial charge is 0.219 e. The van der Waals surface area contributed by atoms with E-state index < -0.39 is 0 Å². The molecule has 182 valence electrons. The number of pyridine rings is 2. The van der Waals surface area contributed by atoms with Gasteiger partial charge < -0.3 is 9.47 Å². The van der Waals surface area contributed by atoms with Crippen molar-refractivity contribution in [3.63, 3.8) is 0 Å². The van der Waals surface area contributed by atoms with Crippen molar-refractivity contribution < 1.29 is 9.47 Å². The molecule has 4 aromatic carbocycles. The van der Waals surface area contributed by atoms with Gasteiger partial charge in [0.15, 0.2) is 0 Å². The standard InChI is InChI=1S/C34H24N2O2/c1-3-11-25(12-4-1)29-19-17-27(23-31(29)37-33-15-7-9-21-35-33)28-18-20-30(26-13-5-2-6-14-26)32(24-28)38-34-16-8-10-22-36-34/h1-24H.